The number of ether oxygens (including phenoxy) is 2. The number of hydrogen-bond acceptors (Lipinski definition) is 3. The summed E-state index contributed by atoms with van der Waals surface area (Å²) in [5, 5.41) is 3.50. The van der Waals surface area contributed by atoms with Gasteiger partial charge in [0.2, 0.25) is 0 Å². The van der Waals surface area contributed by atoms with Crippen LogP contribution in [-0.4, -0.2) is 25.9 Å². The smallest absolute Gasteiger partial charge is 0.119 e. The van der Waals surface area contributed by atoms with Crippen LogP contribution in [0, 0.1) is 0 Å². The van der Waals surface area contributed by atoms with Gasteiger partial charge in [-0.25, -0.2) is 0 Å². The summed E-state index contributed by atoms with van der Waals surface area (Å²) < 4.78 is 11.2. The van der Waals surface area contributed by atoms with Crippen molar-refractivity contribution in [2.75, 3.05) is 13.7 Å². The van der Waals surface area contributed by atoms with Crippen LogP contribution in [0.5, 0.6) is 5.75 Å². The third-order valence-electron chi connectivity index (χ3n) is 3.11. The number of benzene rings is 1. The molecule has 0 saturated carbocycles. The van der Waals surface area contributed by atoms with Crippen LogP contribution in [0.3, 0.4) is 0 Å². The lowest BCUT2D eigenvalue weighted by Gasteiger charge is -2.26. The Hall–Kier alpha value is -1.06. The molecule has 19 heavy (non-hydrogen) atoms. The highest BCUT2D eigenvalue weighted by atomic mass is 16.5. The van der Waals surface area contributed by atoms with Crippen molar-refractivity contribution in [3.05, 3.63) is 29.8 Å². The molecule has 2 unspecified atom stereocenters. The molecule has 1 aromatic carbocycles. The topological polar surface area (TPSA) is 30.5 Å². The molecule has 0 aliphatic carbocycles. The van der Waals surface area contributed by atoms with Gasteiger partial charge in [-0.05, 0) is 44.5 Å². The van der Waals surface area contributed by atoms with Crippen molar-refractivity contribution < 1.29 is 9.47 Å². The van der Waals surface area contributed by atoms with Crippen LogP contribution in [0.2, 0.25) is 0 Å². The molecule has 0 heterocycles. The summed E-state index contributed by atoms with van der Waals surface area (Å²) in [5.41, 5.74) is 1.24. The molecule has 3 nitrogen and oxygen atoms in total. The second kappa shape index (κ2) is 8.18. The Balaban J connectivity index is 2.84. The van der Waals surface area contributed by atoms with Crippen molar-refractivity contribution in [3.63, 3.8) is 0 Å². The zero-order chi connectivity index (χ0) is 14.3. The first kappa shape index (κ1) is 16.0. The van der Waals surface area contributed by atoms with E-state index in [9.17, 15) is 0 Å². The molecule has 1 aromatic rings. The molecule has 0 aliphatic rings. The molecule has 108 valence electrons. The molecule has 3 heteroatoms. The summed E-state index contributed by atoms with van der Waals surface area (Å²) in [6.45, 7) is 9.26. The van der Waals surface area contributed by atoms with Crippen molar-refractivity contribution >= 4 is 0 Å². The number of nitrogens with one attached hydrogen (secondary N) is 1. The van der Waals surface area contributed by atoms with E-state index in [0.29, 0.717) is 0 Å². The minimum absolute atomic E-state index is 0.191. The van der Waals surface area contributed by atoms with E-state index < -0.39 is 0 Å². The summed E-state index contributed by atoms with van der Waals surface area (Å²) in [6.07, 6.45) is 1.38. The number of methoxy groups -OCH3 is 1. The van der Waals surface area contributed by atoms with Crippen molar-refractivity contribution in [2.24, 2.45) is 0 Å². The SMILES string of the molecule is CCNC(c1ccc(OC(C)C)cc1)C(CC)OC. The van der Waals surface area contributed by atoms with Crippen LogP contribution < -0.4 is 10.1 Å². The third-order valence-corrected chi connectivity index (χ3v) is 3.11. The van der Waals surface area contributed by atoms with E-state index in [1.54, 1.807) is 7.11 Å². The highest BCUT2D eigenvalue weighted by Gasteiger charge is 2.20. The van der Waals surface area contributed by atoms with Crippen LogP contribution in [0.15, 0.2) is 24.3 Å². The average molecular weight is 265 g/mol. The summed E-state index contributed by atoms with van der Waals surface area (Å²) in [5.74, 6) is 0.916. The van der Waals surface area contributed by atoms with Gasteiger partial charge in [-0.2, -0.15) is 0 Å². The van der Waals surface area contributed by atoms with Gasteiger partial charge in [0.25, 0.3) is 0 Å². The van der Waals surface area contributed by atoms with Gasteiger partial charge in [0.1, 0.15) is 5.75 Å². The molecule has 0 saturated heterocycles. The average Bonchev–Trinajstić information content (AvgIpc) is 2.39. The fraction of sp³-hybridized carbons (Fsp3) is 0.625. The van der Waals surface area contributed by atoms with Crippen LogP contribution in [0.25, 0.3) is 0 Å². The molecule has 0 fully saturated rings. The van der Waals surface area contributed by atoms with E-state index in [4.69, 9.17) is 9.47 Å². The van der Waals surface area contributed by atoms with Gasteiger partial charge in [-0.1, -0.05) is 26.0 Å². The third kappa shape index (κ3) is 4.84. The van der Waals surface area contributed by atoms with Crippen LogP contribution in [0.1, 0.15) is 45.7 Å². The Morgan fingerprint density at radius 1 is 1.11 bits per heavy atom. The molecule has 0 bridgehead atoms. The molecule has 0 radical (unpaired) electrons. The zero-order valence-corrected chi connectivity index (χ0v) is 12.8. The Morgan fingerprint density at radius 3 is 2.16 bits per heavy atom. The summed E-state index contributed by atoms with van der Waals surface area (Å²) in [6, 6.07) is 8.52. The Labute approximate surface area is 117 Å². The van der Waals surface area contributed by atoms with Crippen LogP contribution in [-0.2, 0) is 4.74 Å². The van der Waals surface area contributed by atoms with Gasteiger partial charge < -0.3 is 14.8 Å². The number of rotatable bonds is 8. The van der Waals surface area contributed by atoms with Gasteiger partial charge in [0.05, 0.1) is 18.2 Å². The molecule has 1 rings (SSSR count). The molecule has 2 atom stereocenters. The fourth-order valence-electron chi connectivity index (χ4n) is 2.25. The second-order valence-corrected chi connectivity index (χ2v) is 4.95. The Morgan fingerprint density at radius 2 is 1.74 bits per heavy atom. The molecule has 1 N–H and O–H groups in total. The molecule has 0 spiro atoms. The first-order valence-electron chi connectivity index (χ1n) is 7.15. The highest BCUT2D eigenvalue weighted by molar-refractivity contribution is 5.30. The fourth-order valence-corrected chi connectivity index (χ4v) is 2.25. The van der Waals surface area contributed by atoms with Crippen LogP contribution >= 0.6 is 0 Å². The Bertz CT molecular complexity index is 344. The standard InChI is InChI=1S/C16H27NO2/c1-6-15(18-5)16(17-7-2)13-8-10-14(11-9-13)19-12(3)4/h8-12,15-17H,6-7H2,1-5H3. The number of likely N-dealkylation sites (N-methyl/N-ethyl adjacent to an activating group) is 1. The van der Waals surface area contributed by atoms with E-state index in [1.165, 1.54) is 5.56 Å². The minimum atomic E-state index is 0.191. The van der Waals surface area contributed by atoms with E-state index >= 15 is 0 Å². The first-order chi connectivity index (χ1) is 9.12. The maximum atomic E-state index is 5.67. The predicted molar refractivity (Wildman–Crippen MR) is 79.7 cm³/mol. The lowest BCUT2D eigenvalue weighted by atomic mass is 9.99. The molecule has 0 amide bonds. The van der Waals surface area contributed by atoms with Crippen molar-refractivity contribution in [3.8, 4) is 5.75 Å². The quantitative estimate of drug-likeness (QED) is 0.779. The number of hydrogen-bond donors (Lipinski definition) is 1. The molecule has 0 aromatic heterocycles. The van der Waals surface area contributed by atoms with E-state index in [1.807, 2.05) is 26.0 Å². The van der Waals surface area contributed by atoms with Gasteiger partial charge in [0.15, 0.2) is 0 Å². The van der Waals surface area contributed by atoms with Crippen molar-refractivity contribution in [2.45, 2.75) is 52.4 Å². The Kier molecular flexibility index (Phi) is 6.89. The molecular weight excluding hydrogens is 238 g/mol. The van der Waals surface area contributed by atoms with Crippen molar-refractivity contribution in [1.29, 1.82) is 0 Å². The monoisotopic (exact) mass is 265 g/mol. The second-order valence-electron chi connectivity index (χ2n) is 4.95. The first-order valence-corrected chi connectivity index (χ1v) is 7.15. The lowest BCUT2D eigenvalue weighted by molar-refractivity contribution is 0.0655. The van der Waals surface area contributed by atoms with Gasteiger partial charge in [-0.3, -0.25) is 0 Å². The summed E-state index contributed by atoms with van der Waals surface area (Å²) in [4.78, 5) is 0. The summed E-state index contributed by atoms with van der Waals surface area (Å²) >= 11 is 0. The molecule has 0 aliphatic heterocycles. The van der Waals surface area contributed by atoms with Gasteiger partial charge in [-0.15, -0.1) is 0 Å². The molecular formula is C16H27NO2. The largest absolute Gasteiger partial charge is 0.491 e. The van der Waals surface area contributed by atoms with Gasteiger partial charge >= 0.3 is 0 Å². The predicted octanol–water partition coefficient (Wildman–Crippen LogP) is 3.55. The van der Waals surface area contributed by atoms with E-state index in [2.05, 4.69) is 31.3 Å². The minimum Gasteiger partial charge on any atom is -0.491 e. The highest BCUT2D eigenvalue weighted by Crippen LogP contribution is 2.24. The maximum Gasteiger partial charge on any atom is 0.119 e. The van der Waals surface area contributed by atoms with Gasteiger partial charge in [0, 0.05) is 7.11 Å². The normalized spacial score (nSPS) is 14.4. The zero-order valence-electron chi connectivity index (χ0n) is 12.8. The summed E-state index contributed by atoms with van der Waals surface area (Å²) in [7, 11) is 1.77. The lowest BCUT2D eigenvalue weighted by Crippen LogP contribution is -2.32. The van der Waals surface area contributed by atoms with E-state index in [0.717, 1.165) is 18.7 Å². The van der Waals surface area contributed by atoms with Crippen molar-refractivity contribution in [1.82, 2.24) is 5.32 Å². The maximum absolute atomic E-state index is 5.67. The van der Waals surface area contributed by atoms with E-state index in [-0.39, 0.29) is 18.2 Å². The van der Waals surface area contributed by atoms with Crippen LogP contribution in [0.4, 0.5) is 0 Å².